The Labute approximate surface area is 113 Å². The number of guanidine groups is 1. The molecule has 0 saturated carbocycles. The van der Waals surface area contributed by atoms with Crippen molar-refractivity contribution in [1.29, 1.82) is 0 Å². The Morgan fingerprint density at radius 2 is 1.50 bits per heavy atom. The van der Waals surface area contributed by atoms with Crippen LogP contribution in [0.2, 0.25) is 0 Å². The van der Waals surface area contributed by atoms with E-state index in [0.29, 0.717) is 5.96 Å². The zero-order valence-electron chi connectivity index (χ0n) is 12.8. The highest BCUT2D eigenvalue weighted by atomic mass is 15.2. The van der Waals surface area contributed by atoms with Gasteiger partial charge in [0.1, 0.15) is 0 Å². The molecule has 0 amide bonds. The molecule has 0 aromatic heterocycles. The summed E-state index contributed by atoms with van der Waals surface area (Å²) in [6, 6.07) is 0. The van der Waals surface area contributed by atoms with Crippen LogP contribution >= 0.6 is 0 Å². The highest BCUT2D eigenvalue weighted by Crippen LogP contribution is 2.03. The number of hydrogen-bond donors (Lipinski definition) is 1. The molecule has 18 heavy (non-hydrogen) atoms. The average Bonchev–Trinajstić information content (AvgIpc) is 2.33. The van der Waals surface area contributed by atoms with Gasteiger partial charge in [0.15, 0.2) is 5.96 Å². The van der Waals surface area contributed by atoms with Crippen LogP contribution in [0.4, 0.5) is 0 Å². The van der Waals surface area contributed by atoms with Crippen LogP contribution in [0.15, 0.2) is 4.99 Å². The van der Waals surface area contributed by atoms with E-state index < -0.39 is 0 Å². The first kappa shape index (κ1) is 17.2. The quantitative estimate of drug-likeness (QED) is 0.370. The Morgan fingerprint density at radius 1 is 0.944 bits per heavy atom. The predicted molar refractivity (Wildman–Crippen MR) is 81.0 cm³/mol. The number of nitrogens with two attached hydrogens (primary N) is 1. The Kier molecular flexibility index (Phi) is 10.8. The van der Waals surface area contributed by atoms with Crippen LogP contribution in [0.3, 0.4) is 0 Å². The lowest BCUT2D eigenvalue weighted by atomic mass is 10.1. The van der Waals surface area contributed by atoms with E-state index in [9.17, 15) is 0 Å². The van der Waals surface area contributed by atoms with E-state index in [1.165, 1.54) is 32.2 Å². The van der Waals surface area contributed by atoms with Crippen LogP contribution in [0.1, 0.15) is 46.0 Å². The van der Waals surface area contributed by atoms with Gasteiger partial charge in [0.25, 0.3) is 0 Å². The number of nitrogens with zero attached hydrogens (tertiary/aromatic N) is 3. The average molecular weight is 256 g/mol. The van der Waals surface area contributed by atoms with Crippen molar-refractivity contribution in [3.63, 3.8) is 0 Å². The fraction of sp³-hybridized carbons (Fsp3) is 0.929. The minimum Gasteiger partial charge on any atom is -0.370 e. The maximum atomic E-state index is 5.91. The first-order chi connectivity index (χ1) is 8.61. The number of unbranched alkanes of at least 4 members (excludes halogenated alkanes) is 4. The summed E-state index contributed by atoms with van der Waals surface area (Å²) in [5, 5.41) is 0. The molecule has 0 rings (SSSR count). The van der Waals surface area contributed by atoms with Crippen molar-refractivity contribution in [3.8, 4) is 0 Å². The Hall–Kier alpha value is -0.770. The number of aliphatic imine (C=N–C) groups is 1. The molecule has 0 saturated heterocycles. The Bertz CT molecular complexity index is 210. The zero-order valence-corrected chi connectivity index (χ0v) is 12.8. The first-order valence-electron chi connectivity index (χ1n) is 7.31. The third-order valence-electron chi connectivity index (χ3n) is 3.12. The van der Waals surface area contributed by atoms with Crippen LogP contribution in [-0.4, -0.2) is 56.0 Å². The maximum Gasteiger partial charge on any atom is 0.191 e. The molecule has 4 heteroatoms. The van der Waals surface area contributed by atoms with E-state index >= 15 is 0 Å². The fourth-order valence-electron chi connectivity index (χ4n) is 1.91. The van der Waals surface area contributed by atoms with Crippen LogP contribution in [-0.2, 0) is 0 Å². The van der Waals surface area contributed by atoms with Crippen molar-refractivity contribution in [2.45, 2.75) is 46.0 Å². The minimum absolute atomic E-state index is 0.701. The summed E-state index contributed by atoms with van der Waals surface area (Å²) in [6.45, 7) is 8.17. The van der Waals surface area contributed by atoms with Crippen molar-refractivity contribution in [1.82, 2.24) is 9.80 Å². The van der Waals surface area contributed by atoms with Crippen molar-refractivity contribution in [3.05, 3.63) is 0 Å². The van der Waals surface area contributed by atoms with Gasteiger partial charge in [0.05, 0.1) is 0 Å². The maximum absolute atomic E-state index is 5.91. The second-order valence-corrected chi connectivity index (χ2v) is 4.98. The highest BCUT2D eigenvalue weighted by molar-refractivity contribution is 5.77. The van der Waals surface area contributed by atoms with Crippen LogP contribution in [0.5, 0.6) is 0 Å². The normalized spacial score (nSPS) is 12.2. The van der Waals surface area contributed by atoms with Gasteiger partial charge in [-0.1, -0.05) is 19.3 Å². The molecule has 0 bridgehead atoms. The third-order valence-corrected chi connectivity index (χ3v) is 3.12. The van der Waals surface area contributed by atoms with Gasteiger partial charge in [-0.2, -0.15) is 0 Å². The molecule has 0 atom stereocenters. The van der Waals surface area contributed by atoms with Gasteiger partial charge in [-0.3, -0.25) is 4.99 Å². The molecule has 0 aliphatic heterocycles. The van der Waals surface area contributed by atoms with Crippen LogP contribution in [0, 0.1) is 0 Å². The molecule has 0 radical (unpaired) electrons. The molecule has 0 unspecified atom stereocenters. The topological polar surface area (TPSA) is 44.9 Å². The standard InChI is InChI=1S/C14H32N4/c1-5-18(6-2)14(15)16-12-10-8-7-9-11-13-17(3)4/h5-13H2,1-4H3,(H2,15,16). The molecule has 2 N–H and O–H groups in total. The predicted octanol–water partition coefficient (Wildman–Crippen LogP) is 2.15. The summed E-state index contributed by atoms with van der Waals surface area (Å²) in [5.74, 6) is 0.701. The zero-order chi connectivity index (χ0) is 13.8. The molecular formula is C14H32N4. The second-order valence-electron chi connectivity index (χ2n) is 4.98. The molecular weight excluding hydrogens is 224 g/mol. The molecule has 108 valence electrons. The summed E-state index contributed by atoms with van der Waals surface area (Å²) in [5.41, 5.74) is 5.91. The molecule has 0 heterocycles. The van der Waals surface area contributed by atoms with Crippen LogP contribution < -0.4 is 5.73 Å². The van der Waals surface area contributed by atoms with Gasteiger partial charge in [-0.05, 0) is 47.3 Å². The van der Waals surface area contributed by atoms with Gasteiger partial charge < -0.3 is 15.5 Å². The van der Waals surface area contributed by atoms with Gasteiger partial charge >= 0.3 is 0 Å². The molecule has 0 aliphatic carbocycles. The van der Waals surface area contributed by atoms with Gasteiger partial charge in [-0.15, -0.1) is 0 Å². The third kappa shape index (κ3) is 9.28. The molecule has 0 spiro atoms. The van der Waals surface area contributed by atoms with Crippen molar-refractivity contribution in [2.75, 3.05) is 40.3 Å². The minimum atomic E-state index is 0.701. The van der Waals surface area contributed by atoms with E-state index in [-0.39, 0.29) is 0 Å². The second kappa shape index (κ2) is 11.3. The monoisotopic (exact) mass is 256 g/mol. The van der Waals surface area contributed by atoms with Crippen molar-refractivity contribution >= 4 is 5.96 Å². The number of rotatable bonds is 10. The Balaban J connectivity index is 3.46. The summed E-state index contributed by atoms with van der Waals surface area (Å²) in [6.07, 6.45) is 6.37. The number of hydrogen-bond acceptors (Lipinski definition) is 2. The van der Waals surface area contributed by atoms with Gasteiger partial charge in [-0.25, -0.2) is 0 Å². The first-order valence-corrected chi connectivity index (χ1v) is 7.31. The molecule has 0 aromatic rings. The summed E-state index contributed by atoms with van der Waals surface area (Å²) in [4.78, 5) is 8.76. The molecule has 4 nitrogen and oxygen atoms in total. The van der Waals surface area contributed by atoms with Gasteiger partial charge in [0, 0.05) is 19.6 Å². The summed E-state index contributed by atoms with van der Waals surface area (Å²) in [7, 11) is 4.26. The fourth-order valence-corrected chi connectivity index (χ4v) is 1.91. The summed E-state index contributed by atoms with van der Waals surface area (Å²) >= 11 is 0. The Morgan fingerprint density at radius 3 is 2.06 bits per heavy atom. The summed E-state index contributed by atoms with van der Waals surface area (Å²) < 4.78 is 0. The van der Waals surface area contributed by atoms with E-state index in [1.807, 2.05) is 0 Å². The van der Waals surface area contributed by atoms with Crippen molar-refractivity contribution < 1.29 is 0 Å². The van der Waals surface area contributed by atoms with E-state index in [2.05, 4.69) is 42.7 Å². The lowest BCUT2D eigenvalue weighted by Gasteiger charge is -2.19. The van der Waals surface area contributed by atoms with Crippen molar-refractivity contribution in [2.24, 2.45) is 10.7 Å². The van der Waals surface area contributed by atoms with Gasteiger partial charge in [0.2, 0.25) is 0 Å². The van der Waals surface area contributed by atoms with E-state index in [1.54, 1.807) is 0 Å². The SMILES string of the molecule is CCN(CC)C(N)=NCCCCCCCN(C)C. The molecule has 0 aromatic carbocycles. The lowest BCUT2D eigenvalue weighted by Crippen LogP contribution is -2.37. The molecule has 0 aliphatic rings. The van der Waals surface area contributed by atoms with E-state index in [4.69, 9.17) is 5.73 Å². The molecule has 0 fully saturated rings. The van der Waals surface area contributed by atoms with E-state index in [0.717, 1.165) is 26.1 Å². The largest absolute Gasteiger partial charge is 0.370 e. The smallest absolute Gasteiger partial charge is 0.191 e. The van der Waals surface area contributed by atoms with Crippen LogP contribution in [0.25, 0.3) is 0 Å². The highest BCUT2D eigenvalue weighted by Gasteiger charge is 2.00. The lowest BCUT2D eigenvalue weighted by molar-refractivity contribution is 0.390.